The summed E-state index contributed by atoms with van der Waals surface area (Å²) in [6, 6.07) is 7.82. The van der Waals surface area contributed by atoms with Gasteiger partial charge in [-0.1, -0.05) is 12.1 Å². The molecule has 1 aliphatic heterocycles. The molecular weight excluding hydrogens is 445 g/mol. The Balaban J connectivity index is 1.59. The number of carbonyl (C=O) groups excluding carboxylic acids is 1. The molecule has 0 unspecified atom stereocenters. The largest absolute Gasteiger partial charge is 0.386 e. The van der Waals surface area contributed by atoms with Gasteiger partial charge >= 0.3 is 0 Å². The quantitative estimate of drug-likeness (QED) is 0.485. The number of carbonyl (C=O) groups is 1. The maximum atomic E-state index is 14.8. The zero-order valence-electron chi connectivity index (χ0n) is 18.5. The van der Waals surface area contributed by atoms with Crippen LogP contribution < -0.4 is 11.1 Å². The maximum Gasteiger partial charge on any atom is 0.251 e. The van der Waals surface area contributed by atoms with E-state index in [1.165, 1.54) is 17.4 Å². The van der Waals surface area contributed by atoms with Crippen molar-refractivity contribution in [2.24, 2.45) is 5.73 Å². The fourth-order valence-electron chi connectivity index (χ4n) is 3.52. The van der Waals surface area contributed by atoms with E-state index in [4.69, 9.17) is 10.5 Å². The zero-order chi connectivity index (χ0) is 23.6. The SMILES string of the molecule is CC(C)(O)c1ccc(-c2cc(C(N)=O)c(Nc3ccnc(CN4CCOCC4)n3)s2)c(F)c1. The molecule has 1 amide bonds. The molecule has 1 aromatic carbocycles. The van der Waals surface area contributed by atoms with Crippen LogP contribution in [0.5, 0.6) is 0 Å². The van der Waals surface area contributed by atoms with Gasteiger partial charge < -0.3 is 20.9 Å². The topological polar surface area (TPSA) is 114 Å². The summed E-state index contributed by atoms with van der Waals surface area (Å²) >= 11 is 1.20. The van der Waals surface area contributed by atoms with E-state index in [0.29, 0.717) is 52.4 Å². The molecule has 3 heterocycles. The third kappa shape index (κ3) is 5.53. The van der Waals surface area contributed by atoms with Gasteiger partial charge in [-0.3, -0.25) is 9.69 Å². The second-order valence-corrected chi connectivity index (χ2v) is 9.40. The van der Waals surface area contributed by atoms with Gasteiger partial charge in [0.2, 0.25) is 0 Å². The van der Waals surface area contributed by atoms with Gasteiger partial charge in [0.05, 0.1) is 30.9 Å². The van der Waals surface area contributed by atoms with E-state index < -0.39 is 17.3 Å². The van der Waals surface area contributed by atoms with E-state index in [1.807, 2.05) is 0 Å². The molecule has 0 atom stereocenters. The molecule has 33 heavy (non-hydrogen) atoms. The number of benzene rings is 1. The number of aromatic nitrogens is 2. The lowest BCUT2D eigenvalue weighted by Gasteiger charge is -2.25. The minimum Gasteiger partial charge on any atom is -0.386 e. The van der Waals surface area contributed by atoms with Crippen LogP contribution in [0.4, 0.5) is 15.2 Å². The summed E-state index contributed by atoms with van der Waals surface area (Å²) in [5.41, 5.74) is 5.45. The summed E-state index contributed by atoms with van der Waals surface area (Å²) in [6.07, 6.45) is 1.65. The van der Waals surface area contributed by atoms with Crippen molar-refractivity contribution in [1.82, 2.24) is 14.9 Å². The van der Waals surface area contributed by atoms with Gasteiger partial charge in [0, 0.05) is 29.7 Å². The number of morpholine rings is 1. The molecule has 1 aliphatic rings. The van der Waals surface area contributed by atoms with Crippen LogP contribution in [0.15, 0.2) is 36.5 Å². The van der Waals surface area contributed by atoms with E-state index in [9.17, 15) is 14.3 Å². The Labute approximate surface area is 195 Å². The number of aliphatic hydroxyl groups is 1. The van der Waals surface area contributed by atoms with E-state index in [1.54, 1.807) is 44.3 Å². The number of ether oxygens (including phenoxy) is 1. The lowest BCUT2D eigenvalue weighted by Crippen LogP contribution is -2.36. The van der Waals surface area contributed by atoms with Crippen LogP contribution in [0.1, 0.15) is 35.6 Å². The van der Waals surface area contributed by atoms with E-state index >= 15 is 0 Å². The summed E-state index contributed by atoms with van der Waals surface area (Å²) < 4.78 is 20.2. The molecule has 174 valence electrons. The summed E-state index contributed by atoms with van der Waals surface area (Å²) in [4.78, 5) is 23.7. The average Bonchev–Trinajstić information content (AvgIpc) is 3.18. The molecule has 0 spiro atoms. The Morgan fingerprint density at radius 1 is 1.30 bits per heavy atom. The highest BCUT2D eigenvalue weighted by Crippen LogP contribution is 2.38. The molecule has 10 heteroatoms. The number of anilines is 2. The molecule has 0 aliphatic carbocycles. The monoisotopic (exact) mass is 471 g/mol. The Kier molecular flexibility index (Phi) is 6.71. The van der Waals surface area contributed by atoms with Crippen LogP contribution in [-0.2, 0) is 16.9 Å². The Morgan fingerprint density at radius 2 is 2.06 bits per heavy atom. The summed E-state index contributed by atoms with van der Waals surface area (Å²) in [7, 11) is 0. The molecule has 1 fully saturated rings. The predicted octanol–water partition coefficient (Wildman–Crippen LogP) is 3.25. The minimum absolute atomic E-state index is 0.245. The van der Waals surface area contributed by atoms with Crippen LogP contribution >= 0.6 is 11.3 Å². The van der Waals surface area contributed by atoms with Gasteiger partial charge in [0.25, 0.3) is 5.91 Å². The zero-order valence-corrected chi connectivity index (χ0v) is 19.3. The summed E-state index contributed by atoms with van der Waals surface area (Å²) in [6.45, 7) is 6.79. The summed E-state index contributed by atoms with van der Waals surface area (Å²) in [5.74, 6) is 0.0407. The first-order chi connectivity index (χ1) is 15.7. The van der Waals surface area contributed by atoms with E-state index in [0.717, 1.165) is 13.1 Å². The second kappa shape index (κ2) is 9.52. The summed E-state index contributed by atoms with van der Waals surface area (Å²) in [5, 5.41) is 13.7. The number of halogens is 1. The number of primary amides is 1. The fourth-order valence-corrected chi connectivity index (χ4v) is 4.61. The van der Waals surface area contributed by atoms with Gasteiger partial charge in [-0.2, -0.15) is 0 Å². The van der Waals surface area contributed by atoms with Crippen molar-refractivity contribution < 1.29 is 19.0 Å². The number of thiophene rings is 1. The van der Waals surface area contributed by atoms with E-state index in [2.05, 4.69) is 20.2 Å². The van der Waals surface area contributed by atoms with Crippen LogP contribution in [0.25, 0.3) is 10.4 Å². The van der Waals surface area contributed by atoms with E-state index in [-0.39, 0.29) is 5.56 Å². The van der Waals surface area contributed by atoms with Crippen molar-refractivity contribution in [3.63, 3.8) is 0 Å². The maximum absolute atomic E-state index is 14.8. The smallest absolute Gasteiger partial charge is 0.251 e. The molecular formula is C23H26FN5O3S. The standard InChI is InChI=1S/C23H26FN5O3S/c1-23(2,31)14-3-4-15(17(24)11-14)18-12-16(21(25)30)22(33-18)28-19-5-6-26-20(27-19)13-29-7-9-32-10-8-29/h3-6,11-12,31H,7-10,13H2,1-2H3,(H2,25,30)(H,26,27,28). The number of nitrogens with two attached hydrogens (primary N) is 1. The van der Waals surface area contributed by atoms with Crippen LogP contribution in [0.2, 0.25) is 0 Å². The number of nitrogens with zero attached hydrogens (tertiary/aromatic N) is 3. The van der Waals surface area contributed by atoms with Gasteiger partial charge in [-0.15, -0.1) is 11.3 Å². The first-order valence-electron chi connectivity index (χ1n) is 10.6. The lowest BCUT2D eigenvalue weighted by atomic mass is 9.96. The Bertz CT molecular complexity index is 1160. The molecule has 0 saturated carbocycles. The first kappa shape index (κ1) is 23.2. The van der Waals surface area contributed by atoms with Crippen molar-refractivity contribution in [2.75, 3.05) is 31.6 Å². The third-order valence-electron chi connectivity index (χ3n) is 5.35. The van der Waals surface area contributed by atoms with Crippen molar-refractivity contribution in [3.8, 4) is 10.4 Å². The predicted molar refractivity (Wildman–Crippen MR) is 125 cm³/mol. The van der Waals surface area contributed by atoms with Crippen molar-refractivity contribution >= 4 is 28.1 Å². The van der Waals surface area contributed by atoms with Gasteiger partial charge in [-0.25, -0.2) is 14.4 Å². The fraction of sp³-hybridized carbons (Fsp3) is 0.348. The van der Waals surface area contributed by atoms with Crippen LogP contribution in [-0.4, -0.2) is 52.2 Å². The molecule has 4 rings (SSSR count). The number of hydrogen-bond acceptors (Lipinski definition) is 8. The highest BCUT2D eigenvalue weighted by molar-refractivity contribution is 7.19. The number of hydrogen-bond donors (Lipinski definition) is 3. The minimum atomic E-state index is -1.16. The third-order valence-corrected chi connectivity index (χ3v) is 6.44. The van der Waals surface area contributed by atoms with Gasteiger partial charge in [0.15, 0.2) is 0 Å². The second-order valence-electron chi connectivity index (χ2n) is 8.34. The van der Waals surface area contributed by atoms with Gasteiger partial charge in [-0.05, 0) is 37.6 Å². The van der Waals surface area contributed by atoms with Crippen molar-refractivity contribution in [1.29, 1.82) is 0 Å². The lowest BCUT2D eigenvalue weighted by molar-refractivity contribution is 0.0331. The number of rotatable bonds is 7. The highest BCUT2D eigenvalue weighted by Gasteiger charge is 2.21. The normalized spacial score (nSPS) is 14.9. The van der Waals surface area contributed by atoms with Gasteiger partial charge in [0.1, 0.15) is 22.5 Å². The average molecular weight is 472 g/mol. The van der Waals surface area contributed by atoms with Crippen molar-refractivity contribution in [2.45, 2.75) is 26.0 Å². The number of nitrogens with one attached hydrogen (secondary N) is 1. The first-order valence-corrected chi connectivity index (χ1v) is 11.4. The molecule has 0 radical (unpaired) electrons. The number of amides is 1. The Hall–Kier alpha value is -2.92. The Morgan fingerprint density at radius 3 is 2.73 bits per heavy atom. The molecule has 0 bridgehead atoms. The van der Waals surface area contributed by atoms with Crippen LogP contribution in [0, 0.1) is 5.82 Å². The molecule has 2 aromatic heterocycles. The highest BCUT2D eigenvalue weighted by atomic mass is 32.1. The molecule has 3 aromatic rings. The molecule has 8 nitrogen and oxygen atoms in total. The molecule has 1 saturated heterocycles. The molecule has 4 N–H and O–H groups in total. The van der Waals surface area contributed by atoms with Crippen molar-refractivity contribution in [3.05, 3.63) is 59.3 Å². The van der Waals surface area contributed by atoms with Crippen LogP contribution in [0.3, 0.4) is 0 Å².